The van der Waals surface area contributed by atoms with Gasteiger partial charge in [-0.15, -0.1) is 24.8 Å². The van der Waals surface area contributed by atoms with Crippen molar-refractivity contribution >= 4 is 30.7 Å². The van der Waals surface area contributed by atoms with Crippen molar-refractivity contribution in [2.45, 2.75) is 20.0 Å². The van der Waals surface area contributed by atoms with Crippen LogP contribution in [-0.4, -0.2) is 29.1 Å². The van der Waals surface area contributed by atoms with Crippen molar-refractivity contribution in [1.82, 2.24) is 20.2 Å². The SMILES string of the molecule is CNCC(C)C(=O)NCc1ccccc1-c1ccc(Cn2ccnc2)cc1.Cl.Cl. The summed E-state index contributed by atoms with van der Waals surface area (Å²) in [5.41, 5.74) is 4.64. The van der Waals surface area contributed by atoms with E-state index in [1.807, 2.05) is 43.2 Å². The number of amides is 1. The van der Waals surface area contributed by atoms with Crippen molar-refractivity contribution < 1.29 is 4.79 Å². The van der Waals surface area contributed by atoms with Crippen LogP contribution in [0.3, 0.4) is 0 Å². The molecule has 3 rings (SSSR count). The number of carbonyl (C=O) groups is 1. The van der Waals surface area contributed by atoms with E-state index >= 15 is 0 Å². The zero-order chi connectivity index (χ0) is 19.1. The molecule has 2 N–H and O–H groups in total. The molecule has 0 bridgehead atoms. The fraction of sp³-hybridized carbons (Fsp3) is 0.273. The van der Waals surface area contributed by atoms with Gasteiger partial charge in [0.15, 0.2) is 0 Å². The highest BCUT2D eigenvalue weighted by atomic mass is 35.5. The monoisotopic (exact) mass is 434 g/mol. The topological polar surface area (TPSA) is 59.0 Å². The Bertz CT molecular complexity index is 867. The maximum atomic E-state index is 12.2. The molecule has 1 atom stereocenters. The average Bonchev–Trinajstić information content (AvgIpc) is 3.20. The highest BCUT2D eigenvalue weighted by molar-refractivity contribution is 5.85. The zero-order valence-corrected chi connectivity index (χ0v) is 18.3. The summed E-state index contributed by atoms with van der Waals surface area (Å²) in [4.78, 5) is 16.3. The van der Waals surface area contributed by atoms with E-state index in [-0.39, 0.29) is 36.6 Å². The van der Waals surface area contributed by atoms with Crippen molar-refractivity contribution in [2.24, 2.45) is 5.92 Å². The Hall–Kier alpha value is -2.34. The average molecular weight is 435 g/mol. The van der Waals surface area contributed by atoms with Crippen LogP contribution >= 0.6 is 24.8 Å². The smallest absolute Gasteiger partial charge is 0.224 e. The number of carbonyl (C=O) groups excluding carboxylic acids is 1. The number of hydrogen-bond donors (Lipinski definition) is 2. The van der Waals surface area contributed by atoms with Crippen LogP contribution in [0.2, 0.25) is 0 Å². The molecule has 5 nitrogen and oxygen atoms in total. The van der Waals surface area contributed by atoms with Crippen LogP contribution in [0.4, 0.5) is 0 Å². The number of halogens is 2. The van der Waals surface area contributed by atoms with E-state index in [0.717, 1.165) is 23.2 Å². The number of imidazole rings is 1. The predicted molar refractivity (Wildman–Crippen MR) is 123 cm³/mol. The molecule has 3 aromatic rings. The maximum Gasteiger partial charge on any atom is 0.224 e. The summed E-state index contributed by atoms with van der Waals surface area (Å²) in [5.74, 6) is 0.0134. The van der Waals surface area contributed by atoms with E-state index < -0.39 is 0 Å². The standard InChI is InChI=1S/C22H26N4O.2ClH/c1-17(13-23-2)22(27)25-14-20-5-3-4-6-21(20)19-9-7-18(8-10-19)15-26-12-11-24-16-26;;/h3-12,16-17,23H,13-15H2,1-2H3,(H,25,27);2*1H. The fourth-order valence-electron chi connectivity index (χ4n) is 3.09. The summed E-state index contributed by atoms with van der Waals surface area (Å²) in [7, 11) is 1.86. The van der Waals surface area contributed by atoms with E-state index in [4.69, 9.17) is 0 Å². The lowest BCUT2D eigenvalue weighted by molar-refractivity contribution is -0.124. The van der Waals surface area contributed by atoms with Gasteiger partial charge in [0.05, 0.1) is 6.33 Å². The molecule has 0 fully saturated rings. The van der Waals surface area contributed by atoms with Gasteiger partial charge in [0.2, 0.25) is 5.91 Å². The largest absolute Gasteiger partial charge is 0.352 e. The van der Waals surface area contributed by atoms with Crippen molar-refractivity contribution in [3.8, 4) is 11.1 Å². The second kappa shape index (κ2) is 12.3. The first kappa shape index (κ1) is 24.7. The summed E-state index contributed by atoms with van der Waals surface area (Å²) >= 11 is 0. The quantitative estimate of drug-likeness (QED) is 0.564. The highest BCUT2D eigenvalue weighted by Crippen LogP contribution is 2.24. The molecule has 1 heterocycles. The van der Waals surface area contributed by atoms with Crippen LogP contribution in [0.15, 0.2) is 67.3 Å². The van der Waals surface area contributed by atoms with Crippen molar-refractivity contribution in [3.05, 3.63) is 78.4 Å². The number of nitrogens with zero attached hydrogens (tertiary/aromatic N) is 2. The molecular weight excluding hydrogens is 407 g/mol. The Kier molecular flexibility index (Phi) is 10.5. The Morgan fingerprint density at radius 1 is 1.10 bits per heavy atom. The molecule has 2 aromatic carbocycles. The summed E-state index contributed by atoms with van der Waals surface area (Å²) in [5, 5.41) is 6.08. The summed E-state index contributed by atoms with van der Waals surface area (Å²) in [6.45, 7) is 3.93. The molecule has 29 heavy (non-hydrogen) atoms. The van der Waals surface area contributed by atoms with Gasteiger partial charge in [-0.1, -0.05) is 55.5 Å². The number of aromatic nitrogens is 2. The predicted octanol–water partition coefficient (Wildman–Crippen LogP) is 3.91. The van der Waals surface area contributed by atoms with Gasteiger partial charge in [-0.2, -0.15) is 0 Å². The zero-order valence-electron chi connectivity index (χ0n) is 16.7. The van der Waals surface area contributed by atoms with Gasteiger partial charge in [0.1, 0.15) is 0 Å². The number of nitrogens with one attached hydrogen (secondary N) is 2. The Morgan fingerprint density at radius 2 is 1.83 bits per heavy atom. The second-order valence-electron chi connectivity index (χ2n) is 6.77. The molecule has 7 heteroatoms. The van der Waals surface area contributed by atoms with Gasteiger partial charge in [0.25, 0.3) is 0 Å². The fourth-order valence-corrected chi connectivity index (χ4v) is 3.09. The number of benzene rings is 2. The van der Waals surface area contributed by atoms with E-state index in [9.17, 15) is 4.79 Å². The molecule has 1 unspecified atom stereocenters. The normalized spacial score (nSPS) is 11.1. The van der Waals surface area contributed by atoms with Gasteiger partial charge < -0.3 is 15.2 Å². The first-order chi connectivity index (χ1) is 13.2. The van der Waals surface area contributed by atoms with Gasteiger partial charge in [-0.25, -0.2) is 4.98 Å². The second-order valence-corrected chi connectivity index (χ2v) is 6.77. The van der Waals surface area contributed by atoms with E-state index in [0.29, 0.717) is 13.1 Å². The number of hydrogen-bond acceptors (Lipinski definition) is 3. The third kappa shape index (κ3) is 6.89. The van der Waals surface area contributed by atoms with Crippen LogP contribution in [-0.2, 0) is 17.9 Å². The van der Waals surface area contributed by atoms with Crippen LogP contribution < -0.4 is 10.6 Å². The molecule has 0 radical (unpaired) electrons. The summed E-state index contributed by atoms with van der Waals surface area (Å²) in [6.07, 6.45) is 5.57. The van der Waals surface area contributed by atoms with E-state index in [1.165, 1.54) is 5.56 Å². The molecule has 156 valence electrons. The summed E-state index contributed by atoms with van der Waals surface area (Å²) < 4.78 is 2.05. The van der Waals surface area contributed by atoms with Crippen molar-refractivity contribution in [3.63, 3.8) is 0 Å². The lowest BCUT2D eigenvalue weighted by Crippen LogP contribution is -2.34. The van der Waals surface area contributed by atoms with E-state index in [1.54, 1.807) is 6.20 Å². The lowest BCUT2D eigenvalue weighted by Gasteiger charge is -2.14. The lowest BCUT2D eigenvalue weighted by atomic mass is 9.98. The first-order valence-corrected chi connectivity index (χ1v) is 9.22. The molecule has 1 amide bonds. The first-order valence-electron chi connectivity index (χ1n) is 9.22. The van der Waals surface area contributed by atoms with Crippen LogP contribution in [0.1, 0.15) is 18.1 Å². The highest BCUT2D eigenvalue weighted by Gasteiger charge is 2.12. The molecule has 0 aliphatic rings. The van der Waals surface area contributed by atoms with Gasteiger partial charge in [-0.3, -0.25) is 4.79 Å². The van der Waals surface area contributed by atoms with Crippen LogP contribution in [0.5, 0.6) is 0 Å². The third-order valence-corrected chi connectivity index (χ3v) is 4.62. The summed E-state index contributed by atoms with van der Waals surface area (Å²) in [6, 6.07) is 16.8. The van der Waals surface area contributed by atoms with Crippen molar-refractivity contribution in [2.75, 3.05) is 13.6 Å². The number of rotatable bonds is 8. The van der Waals surface area contributed by atoms with Gasteiger partial charge >= 0.3 is 0 Å². The minimum atomic E-state index is -0.0513. The minimum absolute atomic E-state index is 0. The molecule has 0 aliphatic carbocycles. The minimum Gasteiger partial charge on any atom is -0.352 e. The Balaban J connectivity index is 0.00000210. The molecular formula is C22H28Cl2N4O. The van der Waals surface area contributed by atoms with Crippen molar-refractivity contribution in [1.29, 1.82) is 0 Å². The molecule has 0 spiro atoms. The maximum absolute atomic E-state index is 12.2. The molecule has 0 saturated heterocycles. The Labute approximate surface area is 184 Å². The van der Waals surface area contributed by atoms with Gasteiger partial charge in [-0.05, 0) is 29.3 Å². The Morgan fingerprint density at radius 3 is 2.48 bits per heavy atom. The molecule has 1 aromatic heterocycles. The van der Waals surface area contributed by atoms with Gasteiger partial charge in [0, 0.05) is 37.9 Å². The van der Waals surface area contributed by atoms with E-state index in [2.05, 4.69) is 52.0 Å². The molecule has 0 aliphatic heterocycles. The molecule has 0 saturated carbocycles. The van der Waals surface area contributed by atoms with Crippen LogP contribution in [0, 0.1) is 5.92 Å². The van der Waals surface area contributed by atoms with Crippen LogP contribution in [0.25, 0.3) is 11.1 Å². The third-order valence-electron chi connectivity index (χ3n) is 4.62.